The number of amides is 1. The van der Waals surface area contributed by atoms with Crippen LogP contribution in [0.15, 0.2) is 42.7 Å². The number of rotatable bonds is 3. The van der Waals surface area contributed by atoms with E-state index in [1.165, 1.54) is 22.8 Å². The van der Waals surface area contributed by atoms with Crippen molar-refractivity contribution in [3.8, 4) is 22.5 Å². The molecule has 35 heavy (non-hydrogen) atoms. The van der Waals surface area contributed by atoms with E-state index < -0.39 is 29.0 Å². The molecule has 1 aromatic carbocycles. The highest BCUT2D eigenvalue weighted by Gasteiger charge is 2.35. The predicted molar refractivity (Wildman–Crippen MR) is 124 cm³/mol. The first-order valence-corrected chi connectivity index (χ1v) is 10.8. The van der Waals surface area contributed by atoms with Gasteiger partial charge in [0.05, 0.1) is 34.4 Å². The van der Waals surface area contributed by atoms with Crippen molar-refractivity contribution in [2.45, 2.75) is 40.8 Å². The van der Waals surface area contributed by atoms with Gasteiger partial charge in [-0.3, -0.25) is 4.79 Å². The van der Waals surface area contributed by atoms with E-state index in [1.807, 2.05) is 6.92 Å². The van der Waals surface area contributed by atoms with E-state index in [0.717, 1.165) is 11.6 Å². The number of carbonyl (C=O) groups excluding carboxylic acids is 1. The number of nitrogens with one attached hydrogen (secondary N) is 1. The number of alkyl halides is 3. The molecular formula is C25H23F4N5O. The standard InChI is InChI=1S/C25H23F4N5O/c1-13-14(2)22-31-19(12-34(22)33-20(13)16-7-6-10-30-21(16)26)15-8-9-17(25(27,28)29)18(11-15)32-23(35)24(3,4)5/h6-12H,1-5H3,(H,32,35). The van der Waals surface area contributed by atoms with E-state index in [1.54, 1.807) is 46.0 Å². The number of imidazole rings is 1. The molecule has 0 aliphatic carbocycles. The molecule has 4 aromatic rings. The van der Waals surface area contributed by atoms with Crippen molar-refractivity contribution in [1.29, 1.82) is 0 Å². The lowest BCUT2D eigenvalue weighted by Crippen LogP contribution is -2.28. The summed E-state index contributed by atoms with van der Waals surface area (Å²) in [5.74, 6) is -1.21. The van der Waals surface area contributed by atoms with Crippen molar-refractivity contribution in [3.63, 3.8) is 0 Å². The summed E-state index contributed by atoms with van der Waals surface area (Å²) in [5, 5.41) is 6.90. The molecule has 0 aliphatic rings. The van der Waals surface area contributed by atoms with E-state index in [9.17, 15) is 22.4 Å². The van der Waals surface area contributed by atoms with Crippen LogP contribution in [0.4, 0.5) is 23.2 Å². The number of pyridine rings is 1. The summed E-state index contributed by atoms with van der Waals surface area (Å²) < 4.78 is 56.6. The number of halogens is 4. The molecule has 1 N–H and O–H groups in total. The second kappa shape index (κ2) is 8.44. The van der Waals surface area contributed by atoms with Gasteiger partial charge in [0.1, 0.15) is 0 Å². The first kappa shape index (κ1) is 24.3. The number of nitrogens with zero attached hydrogens (tertiary/aromatic N) is 4. The van der Waals surface area contributed by atoms with Crippen LogP contribution in [-0.2, 0) is 11.0 Å². The molecule has 0 aliphatic heterocycles. The van der Waals surface area contributed by atoms with Crippen LogP contribution in [0.25, 0.3) is 28.2 Å². The summed E-state index contributed by atoms with van der Waals surface area (Å²) >= 11 is 0. The zero-order chi connectivity index (χ0) is 25.7. The Morgan fingerprint density at radius 3 is 2.40 bits per heavy atom. The molecule has 6 nitrogen and oxygen atoms in total. The van der Waals surface area contributed by atoms with Gasteiger partial charge in [0.15, 0.2) is 5.65 Å². The normalized spacial score (nSPS) is 12.3. The molecule has 0 saturated carbocycles. The lowest BCUT2D eigenvalue weighted by molar-refractivity contribution is -0.137. The maximum absolute atomic E-state index is 14.3. The lowest BCUT2D eigenvalue weighted by atomic mass is 9.95. The largest absolute Gasteiger partial charge is 0.418 e. The average molecular weight is 485 g/mol. The highest BCUT2D eigenvalue weighted by atomic mass is 19.4. The van der Waals surface area contributed by atoms with Gasteiger partial charge in [-0.25, -0.2) is 14.5 Å². The monoisotopic (exact) mass is 485 g/mol. The van der Waals surface area contributed by atoms with Crippen molar-refractivity contribution in [3.05, 3.63) is 65.4 Å². The van der Waals surface area contributed by atoms with Crippen molar-refractivity contribution < 1.29 is 22.4 Å². The Balaban J connectivity index is 1.85. The van der Waals surface area contributed by atoms with Crippen molar-refractivity contribution in [2.75, 3.05) is 5.32 Å². The van der Waals surface area contributed by atoms with Crippen LogP contribution in [0.3, 0.4) is 0 Å². The van der Waals surface area contributed by atoms with Crippen LogP contribution in [0.2, 0.25) is 0 Å². The van der Waals surface area contributed by atoms with Gasteiger partial charge in [-0.05, 0) is 49.2 Å². The van der Waals surface area contributed by atoms with Crippen LogP contribution >= 0.6 is 0 Å². The van der Waals surface area contributed by atoms with Gasteiger partial charge in [0, 0.05) is 17.2 Å². The van der Waals surface area contributed by atoms with Crippen LogP contribution < -0.4 is 5.32 Å². The van der Waals surface area contributed by atoms with Gasteiger partial charge >= 0.3 is 6.18 Å². The Morgan fingerprint density at radius 1 is 1.06 bits per heavy atom. The Morgan fingerprint density at radius 2 is 1.77 bits per heavy atom. The van der Waals surface area contributed by atoms with Gasteiger partial charge in [-0.1, -0.05) is 26.8 Å². The summed E-state index contributed by atoms with van der Waals surface area (Å²) in [7, 11) is 0. The van der Waals surface area contributed by atoms with Gasteiger partial charge in [0.2, 0.25) is 11.9 Å². The van der Waals surface area contributed by atoms with E-state index in [2.05, 4.69) is 20.4 Å². The van der Waals surface area contributed by atoms with Crippen LogP contribution in [0.5, 0.6) is 0 Å². The molecular weight excluding hydrogens is 462 g/mol. The fraction of sp³-hybridized carbons (Fsp3) is 0.280. The maximum atomic E-state index is 14.3. The summed E-state index contributed by atoms with van der Waals surface area (Å²) in [5.41, 5.74) is 1.03. The second-order valence-corrected chi connectivity index (χ2v) is 9.30. The molecule has 0 unspecified atom stereocenters. The summed E-state index contributed by atoms with van der Waals surface area (Å²) in [6, 6.07) is 6.63. The number of benzene rings is 1. The van der Waals surface area contributed by atoms with Crippen molar-refractivity contribution in [1.82, 2.24) is 19.6 Å². The molecule has 3 heterocycles. The summed E-state index contributed by atoms with van der Waals surface area (Å²) in [4.78, 5) is 20.7. The second-order valence-electron chi connectivity index (χ2n) is 9.30. The number of fused-ring (bicyclic) bond motifs is 1. The Bertz CT molecular complexity index is 1450. The minimum Gasteiger partial charge on any atom is -0.325 e. The molecule has 0 bridgehead atoms. The quantitative estimate of drug-likeness (QED) is 0.276. The first-order valence-electron chi connectivity index (χ1n) is 10.8. The number of aromatic nitrogens is 4. The number of hydrogen-bond donors (Lipinski definition) is 1. The van der Waals surface area contributed by atoms with Crippen molar-refractivity contribution in [2.24, 2.45) is 5.41 Å². The zero-order valence-corrected chi connectivity index (χ0v) is 19.8. The van der Waals surface area contributed by atoms with Gasteiger partial charge < -0.3 is 5.32 Å². The number of carbonyl (C=O) groups is 1. The third-order valence-corrected chi connectivity index (χ3v) is 5.71. The molecule has 4 rings (SSSR count). The molecule has 0 fully saturated rings. The number of aryl methyl sites for hydroxylation is 1. The highest BCUT2D eigenvalue weighted by molar-refractivity contribution is 5.96. The van der Waals surface area contributed by atoms with Crippen LogP contribution in [0.1, 0.15) is 37.5 Å². The SMILES string of the molecule is Cc1c(-c2cccnc2F)nn2cc(-c3ccc(C(F)(F)F)c(NC(=O)C(C)(C)C)c3)nc2c1C. The Hall–Kier alpha value is -3.82. The smallest absolute Gasteiger partial charge is 0.325 e. The predicted octanol–water partition coefficient (Wildman–Crippen LogP) is 6.22. The third-order valence-electron chi connectivity index (χ3n) is 5.71. The molecule has 0 saturated heterocycles. The van der Waals surface area contributed by atoms with E-state index in [4.69, 9.17) is 0 Å². The number of anilines is 1. The van der Waals surface area contributed by atoms with Gasteiger partial charge in [-0.15, -0.1) is 0 Å². The lowest BCUT2D eigenvalue weighted by Gasteiger charge is -2.20. The van der Waals surface area contributed by atoms with Crippen LogP contribution in [-0.4, -0.2) is 25.5 Å². The molecule has 0 spiro atoms. The number of hydrogen-bond acceptors (Lipinski definition) is 4. The third kappa shape index (κ3) is 4.60. The molecule has 10 heteroatoms. The maximum Gasteiger partial charge on any atom is 0.418 e. The van der Waals surface area contributed by atoms with Crippen molar-refractivity contribution >= 4 is 17.2 Å². The molecule has 182 valence electrons. The highest BCUT2D eigenvalue weighted by Crippen LogP contribution is 2.38. The summed E-state index contributed by atoms with van der Waals surface area (Å²) in [6.07, 6.45) is -1.76. The van der Waals surface area contributed by atoms with E-state index >= 15 is 0 Å². The fourth-order valence-corrected chi connectivity index (χ4v) is 3.55. The molecule has 3 aromatic heterocycles. The Labute approximate surface area is 199 Å². The van der Waals surface area contributed by atoms with E-state index in [0.29, 0.717) is 28.2 Å². The minimum absolute atomic E-state index is 0.229. The first-order chi connectivity index (χ1) is 16.3. The fourth-order valence-electron chi connectivity index (χ4n) is 3.55. The van der Waals surface area contributed by atoms with Gasteiger partial charge in [0.25, 0.3) is 0 Å². The van der Waals surface area contributed by atoms with E-state index in [-0.39, 0.29) is 11.3 Å². The molecule has 0 atom stereocenters. The molecule has 0 radical (unpaired) electrons. The topological polar surface area (TPSA) is 72.2 Å². The minimum atomic E-state index is -4.66. The van der Waals surface area contributed by atoms with Gasteiger partial charge in [-0.2, -0.15) is 22.7 Å². The average Bonchev–Trinajstić information content (AvgIpc) is 3.20. The van der Waals surface area contributed by atoms with Crippen LogP contribution in [0, 0.1) is 25.2 Å². The molecule has 1 amide bonds. The zero-order valence-electron chi connectivity index (χ0n) is 19.8. The Kier molecular flexibility index (Phi) is 5.86. The summed E-state index contributed by atoms with van der Waals surface area (Å²) in [6.45, 7) is 8.43.